The molecule has 1 aromatic carbocycles. The normalized spacial score (nSPS) is 24.6. The molecule has 6 heteroatoms. The van der Waals surface area contributed by atoms with E-state index in [0.29, 0.717) is 26.3 Å². The number of hydrogen-bond donors (Lipinski definition) is 0. The zero-order chi connectivity index (χ0) is 16.1. The Bertz CT molecular complexity index is 527. The lowest BCUT2D eigenvalue weighted by Gasteiger charge is -2.31. The van der Waals surface area contributed by atoms with Crippen molar-refractivity contribution in [3.63, 3.8) is 0 Å². The van der Waals surface area contributed by atoms with Gasteiger partial charge in [-0.15, -0.1) is 0 Å². The third kappa shape index (κ3) is 4.50. The first-order valence-electron chi connectivity index (χ1n) is 8.06. The van der Waals surface area contributed by atoms with Gasteiger partial charge >= 0.3 is 0 Å². The molecule has 0 saturated carbocycles. The Hall–Kier alpha value is -1.50. The molecule has 126 valence electrons. The second-order valence-corrected chi connectivity index (χ2v) is 5.92. The summed E-state index contributed by atoms with van der Waals surface area (Å²) in [7, 11) is 0. The lowest BCUT2D eigenvalue weighted by molar-refractivity contribution is -0.160. The summed E-state index contributed by atoms with van der Waals surface area (Å²) in [6, 6.07) is 6.32. The predicted octanol–water partition coefficient (Wildman–Crippen LogP) is 1.75. The van der Waals surface area contributed by atoms with Gasteiger partial charge in [0.1, 0.15) is 5.82 Å². The van der Waals surface area contributed by atoms with Crippen LogP contribution in [0.5, 0.6) is 0 Å². The maximum atomic E-state index is 13.4. The fourth-order valence-electron chi connectivity index (χ4n) is 2.96. The highest BCUT2D eigenvalue weighted by Gasteiger charge is 2.30. The predicted molar refractivity (Wildman–Crippen MR) is 81.4 cm³/mol. The Labute approximate surface area is 135 Å². The molecule has 2 heterocycles. The van der Waals surface area contributed by atoms with Crippen LogP contribution in [0, 0.1) is 5.82 Å². The van der Waals surface area contributed by atoms with Gasteiger partial charge in [0.05, 0.1) is 25.9 Å². The summed E-state index contributed by atoms with van der Waals surface area (Å²) in [5, 5.41) is 0. The van der Waals surface area contributed by atoms with Gasteiger partial charge in [-0.25, -0.2) is 4.39 Å². The van der Waals surface area contributed by atoms with Crippen LogP contribution in [0.4, 0.5) is 4.39 Å². The van der Waals surface area contributed by atoms with Crippen LogP contribution < -0.4 is 0 Å². The van der Waals surface area contributed by atoms with Gasteiger partial charge in [0.2, 0.25) is 0 Å². The van der Waals surface area contributed by atoms with Gasteiger partial charge < -0.3 is 19.1 Å². The van der Waals surface area contributed by atoms with E-state index in [1.54, 1.807) is 11.0 Å². The van der Waals surface area contributed by atoms with Crippen LogP contribution in [0.25, 0.3) is 0 Å². The van der Waals surface area contributed by atoms with Crippen LogP contribution in [0.3, 0.4) is 0 Å². The van der Waals surface area contributed by atoms with Crippen molar-refractivity contribution in [2.75, 3.05) is 33.0 Å². The molecule has 0 aliphatic carbocycles. The van der Waals surface area contributed by atoms with Crippen LogP contribution in [-0.2, 0) is 25.5 Å². The Balaban J connectivity index is 1.70. The lowest BCUT2D eigenvalue weighted by atomic mass is 10.1. The minimum absolute atomic E-state index is 0.0389. The molecule has 0 spiro atoms. The number of benzene rings is 1. The third-order valence-electron chi connectivity index (χ3n) is 4.11. The second kappa shape index (κ2) is 7.86. The molecule has 1 amide bonds. The molecular weight excluding hydrogens is 301 g/mol. The number of carbonyl (C=O) groups is 1. The van der Waals surface area contributed by atoms with Crippen LogP contribution in [0.15, 0.2) is 24.3 Å². The van der Waals surface area contributed by atoms with Crippen LogP contribution in [0.2, 0.25) is 0 Å². The van der Waals surface area contributed by atoms with Gasteiger partial charge in [0.15, 0.2) is 6.10 Å². The number of nitrogens with zero attached hydrogens (tertiary/aromatic N) is 1. The minimum Gasteiger partial charge on any atom is -0.376 e. The van der Waals surface area contributed by atoms with E-state index < -0.39 is 6.10 Å². The quantitative estimate of drug-likeness (QED) is 0.828. The fraction of sp³-hybridized carbons (Fsp3) is 0.588. The van der Waals surface area contributed by atoms with Gasteiger partial charge in [-0.05, 0) is 30.5 Å². The molecule has 0 N–H and O–H groups in total. The summed E-state index contributed by atoms with van der Waals surface area (Å²) in [6.45, 7) is 2.77. The van der Waals surface area contributed by atoms with Crippen molar-refractivity contribution in [3.8, 4) is 0 Å². The van der Waals surface area contributed by atoms with E-state index in [2.05, 4.69) is 0 Å². The Morgan fingerprint density at radius 1 is 1.26 bits per heavy atom. The van der Waals surface area contributed by atoms with Crippen molar-refractivity contribution < 1.29 is 23.4 Å². The van der Waals surface area contributed by atoms with Crippen LogP contribution >= 0.6 is 0 Å². The Morgan fingerprint density at radius 3 is 2.87 bits per heavy atom. The molecule has 0 unspecified atom stereocenters. The number of ether oxygens (including phenoxy) is 3. The van der Waals surface area contributed by atoms with E-state index in [-0.39, 0.29) is 24.4 Å². The number of carbonyl (C=O) groups excluding carboxylic acids is 1. The molecule has 0 bridgehead atoms. The zero-order valence-electron chi connectivity index (χ0n) is 13.1. The first-order valence-corrected chi connectivity index (χ1v) is 8.06. The Morgan fingerprint density at radius 2 is 2.17 bits per heavy atom. The fourth-order valence-corrected chi connectivity index (χ4v) is 2.96. The molecule has 1 aromatic rings. The summed E-state index contributed by atoms with van der Waals surface area (Å²) in [6.07, 6.45) is 1.40. The molecule has 2 saturated heterocycles. The van der Waals surface area contributed by atoms with Crippen molar-refractivity contribution >= 4 is 5.91 Å². The summed E-state index contributed by atoms with van der Waals surface area (Å²) < 4.78 is 29.9. The summed E-state index contributed by atoms with van der Waals surface area (Å²) in [5.74, 6) is -0.422. The van der Waals surface area contributed by atoms with Gasteiger partial charge in [-0.2, -0.15) is 0 Å². The summed E-state index contributed by atoms with van der Waals surface area (Å²) >= 11 is 0. The first kappa shape index (κ1) is 16.4. The van der Waals surface area contributed by atoms with E-state index >= 15 is 0 Å². The number of rotatable bonds is 5. The molecular formula is C17H22FNO4. The van der Waals surface area contributed by atoms with Crippen LogP contribution in [0.1, 0.15) is 18.4 Å². The van der Waals surface area contributed by atoms with Crippen molar-refractivity contribution in [3.05, 3.63) is 35.6 Å². The summed E-state index contributed by atoms with van der Waals surface area (Å²) in [5.41, 5.74) is 0.757. The molecule has 2 fully saturated rings. The largest absolute Gasteiger partial charge is 0.376 e. The molecule has 5 nitrogen and oxygen atoms in total. The highest BCUT2D eigenvalue weighted by molar-refractivity contribution is 5.81. The van der Waals surface area contributed by atoms with E-state index in [4.69, 9.17) is 14.2 Å². The zero-order valence-corrected chi connectivity index (χ0v) is 13.1. The van der Waals surface area contributed by atoms with Gasteiger partial charge in [-0.3, -0.25) is 4.79 Å². The topological polar surface area (TPSA) is 48.0 Å². The van der Waals surface area contributed by atoms with Gasteiger partial charge in [0, 0.05) is 19.7 Å². The maximum absolute atomic E-state index is 13.4. The highest BCUT2D eigenvalue weighted by atomic mass is 19.1. The van der Waals surface area contributed by atoms with E-state index in [1.807, 2.05) is 6.07 Å². The molecule has 2 atom stereocenters. The van der Waals surface area contributed by atoms with Crippen molar-refractivity contribution in [1.29, 1.82) is 0 Å². The standard InChI is InChI=1S/C17H22FNO4/c18-14-4-1-3-13(9-14)10-19(11-15-5-2-6-22-15)17(20)16-12-21-7-8-23-16/h1,3-4,9,15-16H,2,5-8,10-12H2/t15-,16+/m1/s1. The smallest absolute Gasteiger partial charge is 0.254 e. The number of hydrogen-bond acceptors (Lipinski definition) is 4. The van der Waals surface area contributed by atoms with Crippen molar-refractivity contribution in [2.24, 2.45) is 0 Å². The average molecular weight is 323 g/mol. The lowest BCUT2D eigenvalue weighted by Crippen LogP contribution is -2.47. The number of halogens is 1. The molecule has 0 aromatic heterocycles. The monoisotopic (exact) mass is 323 g/mol. The first-order chi connectivity index (χ1) is 11.2. The second-order valence-electron chi connectivity index (χ2n) is 5.92. The maximum Gasteiger partial charge on any atom is 0.254 e. The number of amides is 1. The molecule has 3 rings (SSSR count). The molecule has 0 radical (unpaired) electrons. The van der Waals surface area contributed by atoms with Crippen molar-refractivity contribution in [1.82, 2.24) is 4.90 Å². The molecule has 2 aliphatic heterocycles. The van der Waals surface area contributed by atoms with E-state index in [9.17, 15) is 9.18 Å². The van der Waals surface area contributed by atoms with E-state index in [0.717, 1.165) is 25.0 Å². The Kier molecular flexibility index (Phi) is 5.59. The SMILES string of the molecule is O=C([C@@H]1COCCO1)N(Cc1cccc(F)c1)C[C@H]1CCCO1. The molecule has 23 heavy (non-hydrogen) atoms. The van der Waals surface area contributed by atoms with E-state index in [1.165, 1.54) is 12.1 Å². The van der Waals surface area contributed by atoms with Gasteiger partial charge in [0.25, 0.3) is 5.91 Å². The average Bonchev–Trinajstić information content (AvgIpc) is 3.07. The van der Waals surface area contributed by atoms with Gasteiger partial charge in [-0.1, -0.05) is 12.1 Å². The highest BCUT2D eigenvalue weighted by Crippen LogP contribution is 2.17. The summed E-state index contributed by atoms with van der Waals surface area (Å²) in [4.78, 5) is 14.4. The van der Waals surface area contributed by atoms with Crippen molar-refractivity contribution in [2.45, 2.75) is 31.6 Å². The minimum atomic E-state index is -0.585. The molecule has 2 aliphatic rings. The van der Waals surface area contributed by atoms with Crippen LogP contribution in [-0.4, -0.2) is 56.0 Å². The third-order valence-corrected chi connectivity index (χ3v) is 4.11.